The zero-order valence-corrected chi connectivity index (χ0v) is 37.6. The van der Waals surface area contributed by atoms with Gasteiger partial charge in [0.2, 0.25) is 0 Å². The fourth-order valence-corrected chi connectivity index (χ4v) is 9.71. The Kier molecular flexibility index (Phi) is 12.7. The molecule has 4 heterocycles. The fraction of sp³-hybridized carbons (Fsp3) is 0.170. The highest BCUT2D eigenvalue weighted by molar-refractivity contribution is 6.39. The Bertz CT molecular complexity index is 3080. The molecule has 0 bridgehead atoms. The molecule has 65 heavy (non-hydrogen) atoms. The van der Waals surface area contributed by atoms with Crippen molar-refractivity contribution in [3.05, 3.63) is 183 Å². The lowest BCUT2D eigenvalue weighted by Gasteiger charge is -2.37. The van der Waals surface area contributed by atoms with Crippen LogP contribution in [0.1, 0.15) is 33.2 Å². The van der Waals surface area contributed by atoms with Crippen molar-refractivity contribution in [3.8, 4) is 22.3 Å². The van der Waals surface area contributed by atoms with E-state index in [1.165, 1.54) is 11.4 Å². The molecular formula is C53H44Cl3FN6O2. The third-order valence-electron chi connectivity index (χ3n) is 12.1. The molecule has 2 fully saturated rings. The minimum absolute atomic E-state index is 0.0373. The van der Waals surface area contributed by atoms with Gasteiger partial charge in [-0.2, -0.15) is 0 Å². The van der Waals surface area contributed by atoms with Crippen LogP contribution in [-0.2, 0) is 0 Å². The quantitative estimate of drug-likeness (QED) is 0.176. The highest BCUT2D eigenvalue weighted by Crippen LogP contribution is 2.47. The number of anilines is 3. The fourth-order valence-electron chi connectivity index (χ4n) is 9.07. The van der Waals surface area contributed by atoms with Gasteiger partial charge in [-0.25, -0.2) is 9.97 Å². The van der Waals surface area contributed by atoms with Crippen molar-refractivity contribution >= 4 is 85.4 Å². The van der Waals surface area contributed by atoms with Crippen LogP contribution in [0.25, 0.3) is 44.1 Å². The minimum atomic E-state index is -1.00. The predicted octanol–water partition coefficient (Wildman–Crippen LogP) is 11.9. The number of aromatic nitrogens is 2. The van der Waals surface area contributed by atoms with Crippen LogP contribution in [0.5, 0.6) is 0 Å². The molecule has 2 saturated heterocycles. The molecule has 2 aliphatic heterocycles. The molecule has 2 aliphatic carbocycles. The normalized spacial score (nSPS) is 14.8. The number of halogens is 4. The molecule has 0 spiro atoms. The van der Waals surface area contributed by atoms with E-state index in [0.717, 1.165) is 102 Å². The number of hydrogen-bond acceptors (Lipinski definition) is 8. The van der Waals surface area contributed by atoms with Crippen molar-refractivity contribution in [3.63, 3.8) is 0 Å². The predicted molar refractivity (Wildman–Crippen MR) is 266 cm³/mol. The van der Waals surface area contributed by atoms with Gasteiger partial charge in [-0.05, 0) is 71.8 Å². The number of rotatable bonds is 3. The second kappa shape index (κ2) is 19.4. The van der Waals surface area contributed by atoms with Crippen molar-refractivity contribution in [2.45, 2.75) is 0 Å². The van der Waals surface area contributed by atoms with Gasteiger partial charge in [0, 0.05) is 118 Å². The van der Waals surface area contributed by atoms with Crippen molar-refractivity contribution in [2.24, 2.45) is 0 Å². The van der Waals surface area contributed by atoms with Crippen LogP contribution in [0.2, 0.25) is 15.2 Å². The van der Waals surface area contributed by atoms with Crippen LogP contribution < -0.4 is 20.0 Å². The lowest BCUT2D eigenvalue weighted by atomic mass is 10.0. The average molecular weight is 923 g/mol. The molecule has 0 atom stereocenters. The number of carbonyl (C=O) groups excluding carboxylic acids is 2. The Morgan fingerprint density at radius 1 is 0.508 bits per heavy atom. The Morgan fingerprint density at radius 3 is 1.48 bits per heavy atom. The summed E-state index contributed by atoms with van der Waals surface area (Å²) in [6.45, 7) is 7.99. The lowest BCUT2D eigenvalue weighted by molar-refractivity contribution is 0.103. The topological polar surface area (TPSA) is 81.7 Å². The first-order chi connectivity index (χ1) is 32.2. The van der Waals surface area contributed by atoms with Crippen LogP contribution >= 0.6 is 34.8 Å². The Morgan fingerprint density at radius 2 is 0.938 bits per heavy atom. The van der Waals surface area contributed by atoms with E-state index in [2.05, 4.69) is 79.6 Å². The molecule has 12 rings (SSSR count). The highest BCUT2D eigenvalue weighted by atomic mass is 35.5. The average Bonchev–Trinajstić information content (AvgIpc) is 3.82. The molecule has 4 aliphatic rings. The molecular weight excluding hydrogens is 878 g/mol. The molecule has 8 aromatic rings. The van der Waals surface area contributed by atoms with Crippen LogP contribution in [0, 0.1) is 0 Å². The number of carbonyl (C=O) groups is 2. The van der Waals surface area contributed by atoms with Gasteiger partial charge in [0.1, 0.15) is 11.0 Å². The van der Waals surface area contributed by atoms with Gasteiger partial charge in [-0.1, -0.05) is 120 Å². The second-order valence-corrected chi connectivity index (χ2v) is 17.0. The molecule has 1 N–H and O–H groups in total. The van der Waals surface area contributed by atoms with Gasteiger partial charge in [-0.15, -0.1) is 0 Å². The Hall–Kier alpha value is -6.36. The molecule has 0 radical (unpaired) electrons. The molecule has 12 heteroatoms. The summed E-state index contributed by atoms with van der Waals surface area (Å²) in [5, 5.41) is 6.54. The number of piperazine rings is 2. The number of nitrogens with zero attached hydrogens (tertiary/aromatic N) is 5. The smallest absolute Gasteiger partial charge is 0.195 e. The van der Waals surface area contributed by atoms with E-state index in [4.69, 9.17) is 41.2 Å². The zero-order chi connectivity index (χ0) is 45.7. The minimum Gasteiger partial charge on any atom is -0.369 e. The number of nitrogens with one attached hydrogen (secondary N) is 1. The zero-order valence-electron chi connectivity index (χ0n) is 36.3. The lowest BCUT2D eigenvalue weighted by Crippen LogP contribution is -2.47. The molecule has 8 nitrogen and oxygen atoms in total. The maximum atomic E-state index is 13.4. The van der Waals surface area contributed by atoms with E-state index in [1.54, 1.807) is 18.2 Å². The first-order valence-corrected chi connectivity index (χ1v) is 22.5. The van der Waals surface area contributed by atoms with Crippen molar-refractivity contribution in [1.29, 1.82) is 0 Å². The SMILES string of the molecule is O=C1c2cc(Cl)ccc2-c2c(Cl)nc3ccccc3c21.O=C1c2cc(Cl)ccc2-c2c(N3CCN(c4ccccc4)CC3)nc3ccccc3c21.[2H]CF.c1ccc(N2CCNCC2)cc1. The highest BCUT2D eigenvalue weighted by Gasteiger charge is 2.35. The summed E-state index contributed by atoms with van der Waals surface area (Å²) in [6.07, 6.45) is 0. The Labute approximate surface area is 393 Å². The number of ketones is 2. The summed E-state index contributed by atoms with van der Waals surface area (Å²) in [7, 11) is -1.00. The number of alkyl halides is 1. The van der Waals surface area contributed by atoms with Gasteiger partial charge in [0.25, 0.3) is 0 Å². The monoisotopic (exact) mass is 921 g/mol. The molecule has 2 aromatic heterocycles. The number of benzene rings is 6. The van der Waals surface area contributed by atoms with Crippen molar-refractivity contribution < 1.29 is 15.4 Å². The number of pyridine rings is 2. The number of hydrogen-bond donors (Lipinski definition) is 1. The molecule has 0 saturated carbocycles. The van der Waals surface area contributed by atoms with E-state index >= 15 is 0 Å². The van der Waals surface area contributed by atoms with E-state index < -0.39 is 7.15 Å². The first kappa shape index (κ1) is 42.6. The molecule has 0 amide bonds. The summed E-state index contributed by atoms with van der Waals surface area (Å²) < 4.78 is 15.5. The number of para-hydroxylation sites is 4. The van der Waals surface area contributed by atoms with E-state index in [1.807, 2.05) is 72.8 Å². The number of fused-ring (bicyclic) bond motifs is 10. The van der Waals surface area contributed by atoms with Gasteiger partial charge >= 0.3 is 0 Å². The first-order valence-electron chi connectivity index (χ1n) is 22.1. The van der Waals surface area contributed by atoms with Crippen molar-refractivity contribution in [2.75, 3.05) is 74.2 Å². The van der Waals surface area contributed by atoms with E-state index in [9.17, 15) is 14.0 Å². The van der Waals surface area contributed by atoms with Crippen LogP contribution in [0.15, 0.2) is 146 Å². The Balaban J connectivity index is 0.000000133. The summed E-state index contributed by atoms with van der Waals surface area (Å²) in [4.78, 5) is 42.6. The summed E-state index contributed by atoms with van der Waals surface area (Å²) >= 11 is 18.5. The second-order valence-electron chi connectivity index (χ2n) is 15.8. The third-order valence-corrected chi connectivity index (χ3v) is 12.8. The van der Waals surface area contributed by atoms with E-state index in [0.29, 0.717) is 37.5 Å². The summed E-state index contributed by atoms with van der Waals surface area (Å²) in [6, 6.07) is 47.4. The summed E-state index contributed by atoms with van der Waals surface area (Å²) in [5.74, 6) is 0.893. The molecule has 326 valence electrons. The van der Waals surface area contributed by atoms with Gasteiger partial charge in [0.15, 0.2) is 11.6 Å². The van der Waals surface area contributed by atoms with Gasteiger partial charge in [0.05, 0.1) is 19.6 Å². The maximum Gasteiger partial charge on any atom is 0.195 e. The molecule has 6 aromatic carbocycles. The summed E-state index contributed by atoms with van der Waals surface area (Å²) in [5.41, 5.74) is 10.2. The van der Waals surface area contributed by atoms with Gasteiger partial charge in [-0.3, -0.25) is 14.0 Å². The maximum absolute atomic E-state index is 13.4. The van der Waals surface area contributed by atoms with Gasteiger partial charge < -0.3 is 20.0 Å². The molecule has 0 unspecified atom stereocenters. The van der Waals surface area contributed by atoms with Crippen LogP contribution in [-0.4, -0.2) is 81.0 Å². The largest absolute Gasteiger partial charge is 0.369 e. The van der Waals surface area contributed by atoms with Crippen LogP contribution in [0.4, 0.5) is 21.6 Å². The van der Waals surface area contributed by atoms with E-state index in [-0.39, 0.29) is 11.6 Å². The van der Waals surface area contributed by atoms with Crippen molar-refractivity contribution in [1.82, 2.24) is 15.3 Å². The standard InChI is InChI=1S/C26H20ClN3O.C16H7Cl2NO.C10H14N2.CH3F/c27-17-10-11-19-21(16-17)25(31)23-20-8-4-5-9-22(20)28-26(24(19)23)30-14-12-29(13-15-30)18-6-2-1-3-7-18;17-8-5-6-9-11(7-8)15(20)13-10-3-1-2-4-12(10)19-16(18)14(9)13;1-2-4-10(5-3-1)12-8-6-11-7-9-12;1-2/h1-11,16H,12-15H2;1-7H;1-5,11H,6-9H2;1H3/i;;;1D. The third kappa shape index (κ3) is 8.65. The van der Waals surface area contributed by atoms with Crippen LogP contribution in [0.3, 0.4) is 0 Å².